The van der Waals surface area contributed by atoms with Crippen molar-refractivity contribution in [1.29, 1.82) is 0 Å². The Kier molecular flexibility index (Phi) is 5.83. The summed E-state index contributed by atoms with van der Waals surface area (Å²) in [6.45, 7) is 1.43. The fraction of sp³-hybridized carbons (Fsp3) is 0.300. The second-order valence-electron chi connectivity index (χ2n) is 2.91. The van der Waals surface area contributed by atoms with Crippen molar-refractivity contribution in [3.8, 4) is 5.75 Å². The maximum Gasteiger partial charge on any atom is 0.308 e. The quantitative estimate of drug-likeness (QED) is 0.272. The van der Waals surface area contributed by atoms with Gasteiger partial charge in [-0.3, -0.25) is 4.79 Å². The molecule has 1 aromatic carbocycles. The number of esters is 1. The molecule has 0 saturated carbocycles. The van der Waals surface area contributed by atoms with E-state index >= 15 is 0 Å². The Bertz CT molecular complexity index is 355. The minimum absolute atomic E-state index is 0.269. The van der Waals surface area contributed by atoms with Gasteiger partial charge in [-0.05, 0) is 12.1 Å². The number of benzene rings is 1. The molecular formula is C10H9BrI2O2. The Morgan fingerprint density at radius 2 is 1.80 bits per heavy atom. The van der Waals surface area contributed by atoms with Crippen molar-refractivity contribution in [2.45, 2.75) is 15.8 Å². The van der Waals surface area contributed by atoms with E-state index in [1.165, 1.54) is 6.92 Å². The van der Waals surface area contributed by atoms with E-state index in [9.17, 15) is 4.79 Å². The summed E-state index contributed by atoms with van der Waals surface area (Å²) in [5, 5.41) is 0. The van der Waals surface area contributed by atoms with Gasteiger partial charge in [-0.1, -0.05) is 61.1 Å². The molecule has 1 rings (SSSR count). The normalized spacial score (nSPS) is 10.1. The van der Waals surface area contributed by atoms with Crippen molar-refractivity contribution >= 4 is 67.1 Å². The topological polar surface area (TPSA) is 26.3 Å². The highest BCUT2D eigenvalue weighted by Gasteiger charge is 2.12. The molecular weight excluding hydrogens is 486 g/mol. The van der Waals surface area contributed by atoms with Gasteiger partial charge >= 0.3 is 5.97 Å². The molecule has 0 heterocycles. The van der Waals surface area contributed by atoms with Crippen LogP contribution >= 0.6 is 61.1 Å². The van der Waals surface area contributed by atoms with Crippen LogP contribution in [-0.4, -0.2) is 5.97 Å². The summed E-state index contributed by atoms with van der Waals surface area (Å²) in [6.07, 6.45) is 0. The second-order valence-corrected chi connectivity index (χ2v) is 5.36. The molecule has 82 valence electrons. The molecule has 0 unspecified atom stereocenters. The zero-order chi connectivity index (χ0) is 11.4. The zero-order valence-electron chi connectivity index (χ0n) is 8.02. The fourth-order valence-electron chi connectivity index (χ4n) is 1.19. The molecule has 0 fully saturated rings. The minimum Gasteiger partial charge on any atom is -0.426 e. The first-order valence-electron chi connectivity index (χ1n) is 4.20. The smallest absolute Gasteiger partial charge is 0.308 e. The predicted molar refractivity (Wildman–Crippen MR) is 80.9 cm³/mol. The zero-order valence-corrected chi connectivity index (χ0v) is 13.9. The number of ether oxygens (including phenoxy) is 1. The number of hydrogen-bond donors (Lipinski definition) is 0. The monoisotopic (exact) mass is 494 g/mol. The molecule has 0 N–H and O–H groups in total. The third kappa shape index (κ3) is 3.85. The van der Waals surface area contributed by atoms with E-state index in [-0.39, 0.29) is 5.97 Å². The fourth-order valence-corrected chi connectivity index (χ4v) is 2.87. The van der Waals surface area contributed by atoms with Crippen molar-refractivity contribution in [3.63, 3.8) is 0 Å². The maximum atomic E-state index is 11.0. The number of halogens is 3. The van der Waals surface area contributed by atoms with Gasteiger partial charge < -0.3 is 4.74 Å². The Morgan fingerprint density at radius 1 is 1.33 bits per heavy atom. The van der Waals surface area contributed by atoms with Gasteiger partial charge in [0.25, 0.3) is 0 Å². The van der Waals surface area contributed by atoms with Crippen LogP contribution in [0.1, 0.15) is 18.1 Å². The van der Waals surface area contributed by atoms with E-state index in [4.69, 9.17) is 4.74 Å². The highest BCUT2D eigenvalue weighted by Crippen LogP contribution is 2.32. The van der Waals surface area contributed by atoms with E-state index in [0.717, 1.165) is 30.2 Å². The van der Waals surface area contributed by atoms with E-state index in [1.807, 2.05) is 12.1 Å². The lowest BCUT2D eigenvalue weighted by Gasteiger charge is -2.11. The highest BCUT2D eigenvalue weighted by molar-refractivity contribution is 14.1. The average molecular weight is 495 g/mol. The summed E-state index contributed by atoms with van der Waals surface area (Å²) in [5.74, 6) is 0.448. The molecule has 0 radical (unpaired) electrons. The highest BCUT2D eigenvalue weighted by atomic mass is 127. The molecule has 0 spiro atoms. The van der Waals surface area contributed by atoms with E-state index in [0.29, 0.717) is 0 Å². The van der Waals surface area contributed by atoms with Crippen molar-refractivity contribution in [3.05, 3.63) is 27.7 Å². The molecule has 0 bridgehead atoms. The average Bonchev–Trinajstić information content (AvgIpc) is 2.19. The molecule has 0 saturated heterocycles. The second kappa shape index (κ2) is 6.39. The Labute approximate surface area is 125 Å². The van der Waals surface area contributed by atoms with Crippen molar-refractivity contribution in [2.24, 2.45) is 0 Å². The lowest BCUT2D eigenvalue weighted by Crippen LogP contribution is -2.05. The third-order valence-corrected chi connectivity index (χ3v) is 3.84. The first-order chi connectivity index (χ1) is 7.08. The number of carbonyl (C=O) groups excluding carboxylic acids is 1. The number of hydrogen-bond acceptors (Lipinski definition) is 2. The van der Waals surface area contributed by atoms with Crippen LogP contribution in [0, 0.1) is 0 Å². The van der Waals surface area contributed by atoms with Crippen LogP contribution in [0.4, 0.5) is 0 Å². The van der Waals surface area contributed by atoms with E-state index in [1.54, 1.807) is 0 Å². The minimum atomic E-state index is -0.269. The molecule has 15 heavy (non-hydrogen) atoms. The standard InChI is InChI=1S/C10H9BrI2O2/c1-6(14)15-10-7(4-12)2-9(11)3-8(10)5-13/h2-3H,4-5H2,1H3. The van der Waals surface area contributed by atoms with Gasteiger partial charge in [0.1, 0.15) is 5.75 Å². The van der Waals surface area contributed by atoms with Gasteiger partial charge in [0, 0.05) is 31.4 Å². The first-order valence-corrected chi connectivity index (χ1v) is 8.04. The van der Waals surface area contributed by atoms with Crippen molar-refractivity contribution in [1.82, 2.24) is 0 Å². The number of rotatable bonds is 3. The molecule has 0 aliphatic rings. The molecule has 5 heteroatoms. The molecule has 1 aromatic rings. The van der Waals surface area contributed by atoms with Gasteiger partial charge in [0.2, 0.25) is 0 Å². The third-order valence-electron chi connectivity index (χ3n) is 1.74. The van der Waals surface area contributed by atoms with E-state index in [2.05, 4.69) is 61.1 Å². The van der Waals surface area contributed by atoms with Crippen LogP contribution in [0.3, 0.4) is 0 Å². The van der Waals surface area contributed by atoms with E-state index < -0.39 is 0 Å². The van der Waals surface area contributed by atoms with Gasteiger partial charge in [-0.2, -0.15) is 0 Å². The predicted octanol–water partition coefficient (Wildman–Crippen LogP) is 4.24. The summed E-state index contributed by atoms with van der Waals surface area (Å²) >= 11 is 7.97. The van der Waals surface area contributed by atoms with Crippen molar-refractivity contribution < 1.29 is 9.53 Å². The molecule has 0 amide bonds. The largest absolute Gasteiger partial charge is 0.426 e. The molecule has 0 aromatic heterocycles. The van der Waals surface area contributed by atoms with Crippen molar-refractivity contribution in [2.75, 3.05) is 0 Å². The Morgan fingerprint density at radius 3 is 2.13 bits per heavy atom. The van der Waals surface area contributed by atoms with Gasteiger partial charge in [0.15, 0.2) is 0 Å². The summed E-state index contributed by atoms with van der Waals surface area (Å²) in [4.78, 5) is 11.0. The van der Waals surface area contributed by atoms with Crippen LogP contribution < -0.4 is 4.74 Å². The molecule has 2 nitrogen and oxygen atoms in total. The van der Waals surface area contributed by atoms with Gasteiger partial charge in [0.05, 0.1) is 0 Å². The SMILES string of the molecule is CC(=O)Oc1c(CI)cc(Br)cc1CI. The van der Waals surface area contributed by atoms with Gasteiger partial charge in [-0.15, -0.1) is 0 Å². The summed E-state index contributed by atoms with van der Waals surface area (Å²) in [7, 11) is 0. The lowest BCUT2D eigenvalue weighted by molar-refractivity contribution is -0.131. The number of carbonyl (C=O) groups is 1. The Balaban J connectivity index is 3.23. The maximum absolute atomic E-state index is 11.0. The van der Waals surface area contributed by atoms with Crippen LogP contribution in [0.5, 0.6) is 5.75 Å². The van der Waals surface area contributed by atoms with Gasteiger partial charge in [-0.25, -0.2) is 0 Å². The van der Waals surface area contributed by atoms with Crippen LogP contribution in [0.2, 0.25) is 0 Å². The Hall–Kier alpha value is 0.630. The lowest BCUT2D eigenvalue weighted by atomic mass is 10.1. The van der Waals surface area contributed by atoms with Crippen LogP contribution in [-0.2, 0) is 13.6 Å². The number of alkyl halides is 2. The molecule has 0 aliphatic carbocycles. The molecule has 0 aliphatic heterocycles. The summed E-state index contributed by atoms with van der Waals surface area (Å²) < 4.78 is 7.91. The molecule has 0 atom stereocenters. The van der Waals surface area contributed by atoms with Crippen LogP contribution in [0.15, 0.2) is 16.6 Å². The first kappa shape index (κ1) is 13.7. The summed E-state index contributed by atoms with van der Waals surface area (Å²) in [6, 6.07) is 3.97. The van der Waals surface area contributed by atoms with Crippen LogP contribution in [0.25, 0.3) is 0 Å². The summed E-state index contributed by atoms with van der Waals surface area (Å²) in [5.41, 5.74) is 2.10.